The summed E-state index contributed by atoms with van der Waals surface area (Å²) in [6, 6.07) is 36.9. The lowest BCUT2D eigenvalue weighted by atomic mass is 9.37. The van der Waals surface area contributed by atoms with Crippen molar-refractivity contribution in [1.29, 1.82) is 0 Å². The largest absolute Gasteiger partial charge is 0.497 e. The number of fused-ring (bicyclic) bond motifs is 5. The first-order valence-corrected chi connectivity index (χ1v) is 10.3. The topological polar surface area (TPSA) is 18.0 Å². The molecule has 0 atom stereocenters. The number of methoxy groups -OCH3 is 1. The van der Waals surface area contributed by atoms with Crippen molar-refractivity contribution in [2.75, 3.05) is 7.11 Å². The van der Waals surface area contributed by atoms with E-state index in [1.54, 1.807) is 7.11 Å². The first-order chi connectivity index (χ1) is 14.8. The first-order valence-electron chi connectivity index (χ1n) is 10.3. The standard InChI is InChI=1S/C26H21BN2O/c1-30-23-15-16-24-20(18-23)19-26-25-14-8-9-17-28(25)27(29(24)26,21-10-4-2-5-11-21)22-12-6-3-7-13-22/h2-19H,1H3. The number of hydrogen-bond donors (Lipinski definition) is 0. The number of rotatable bonds is 3. The number of nitrogens with zero attached hydrogens (tertiary/aromatic N) is 2. The van der Waals surface area contributed by atoms with Crippen LogP contribution in [-0.4, -0.2) is 18.0 Å². The number of ether oxygens (including phenoxy) is 1. The van der Waals surface area contributed by atoms with Crippen LogP contribution in [0.2, 0.25) is 0 Å². The SMILES string of the molecule is COc1ccc2c(c1)cc1n2[B-](c2ccccc2)(c2ccccc2)[n+]2ccccc2-1. The molecule has 0 bridgehead atoms. The van der Waals surface area contributed by atoms with Crippen molar-refractivity contribution < 1.29 is 9.21 Å². The van der Waals surface area contributed by atoms with E-state index in [1.165, 1.54) is 33.2 Å². The predicted octanol–water partition coefficient (Wildman–Crippen LogP) is 3.57. The zero-order valence-electron chi connectivity index (χ0n) is 16.8. The van der Waals surface area contributed by atoms with Gasteiger partial charge in [-0.25, -0.2) is 0 Å². The molecule has 1 aliphatic heterocycles. The van der Waals surface area contributed by atoms with Gasteiger partial charge in [0.1, 0.15) is 11.9 Å². The number of aromatic nitrogens is 2. The Hall–Kier alpha value is -3.79. The lowest BCUT2D eigenvalue weighted by Gasteiger charge is -2.34. The normalized spacial score (nSPS) is 13.8. The Kier molecular flexibility index (Phi) is 3.63. The molecule has 4 heteroatoms. The average Bonchev–Trinajstić information content (AvgIpc) is 3.33. The highest BCUT2D eigenvalue weighted by molar-refractivity contribution is 6.96. The molecule has 30 heavy (non-hydrogen) atoms. The Bertz CT molecular complexity index is 1340. The van der Waals surface area contributed by atoms with Crippen molar-refractivity contribution >= 4 is 28.2 Å². The van der Waals surface area contributed by atoms with E-state index in [2.05, 4.69) is 118 Å². The Labute approximate surface area is 175 Å². The van der Waals surface area contributed by atoms with Gasteiger partial charge in [0.2, 0.25) is 0 Å². The van der Waals surface area contributed by atoms with E-state index in [-0.39, 0.29) is 0 Å². The summed E-state index contributed by atoms with van der Waals surface area (Å²) in [5.74, 6) is 0.880. The molecule has 0 aliphatic carbocycles. The van der Waals surface area contributed by atoms with E-state index in [0.717, 1.165) is 5.75 Å². The number of hydrogen-bond acceptors (Lipinski definition) is 1. The summed E-state index contributed by atoms with van der Waals surface area (Å²) >= 11 is 0. The van der Waals surface area contributed by atoms with Gasteiger partial charge in [0.15, 0.2) is 5.69 Å². The molecule has 0 amide bonds. The fraction of sp³-hybridized carbons (Fsp3) is 0.0385. The fourth-order valence-corrected chi connectivity index (χ4v) is 5.32. The van der Waals surface area contributed by atoms with Crippen molar-refractivity contribution in [3.05, 3.63) is 109 Å². The first kappa shape index (κ1) is 17.1. The van der Waals surface area contributed by atoms with Gasteiger partial charge >= 0.3 is 6.42 Å². The molecule has 0 unspecified atom stereocenters. The van der Waals surface area contributed by atoms with Crippen molar-refractivity contribution in [2.24, 2.45) is 0 Å². The van der Waals surface area contributed by atoms with Crippen LogP contribution in [0.5, 0.6) is 5.75 Å². The lowest BCUT2D eigenvalue weighted by Crippen LogP contribution is -2.80. The van der Waals surface area contributed by atoms with Crippen LogP contribution >= 0.6 is 0 Å². The Morgan fingerprint density at radius 3 is 2.07 bits per heavy atom. The molecule has 3 nitrogen and oxygen atoms in total. The molecule has 0 spiro atoms. The van der Waals surface area contributed by atoms with Crippen LogP contribution in [0.3, 0.4) is 0 Å². The van der Waals surface area contributed by atoms with E-state index in [1.807, 2.05) is 0 Å². The van der Waals surface area contributed by atoms with Gasteiger partial charge in [-0.3, -0.25) is 0 Å². The molecule has 6 rings (SSSR count). The second kappa shape index (κ2) is 6.36. The van der Waals surface area contributed by atoms with E-state index in [9.17, 15) is 0 Å². The fourth-order valence-electron chi connectivity index (χ4n) is 5.32. The molecule has 5 aromatic rings. The molecule has 3 aromatic carbocycles. The Morgan fingerprint density at radius 2 is 1.40 bits per heavy atom. The van der Waals surface area contributed by atoms with Crippen LogP contribution in [0.4, 0.5) is 0 Å². The summed E-state index contributed by atoms with van der Waals surface area (Å²) in [5, 5.41) is 1.19. The highest BCUT2D eigenvalue weighted by Crippen LogP contribution is 2.35. The smallest absolute Gasteiger partial charge is 0.435 e. The van der Waals surface area contributed by atoms with Crippen molar-refractivity contribution in [1.82, 2.24) is 4.48 Å². The van der Waals surface area contributed by atoms with Crippen LogP contribution in [0.15, 0.2) is 109 Å². The van der Waals surface area contributed by atoms with Crippen LogP contribution in [0, 0.1) is 0 Å². The average molecular weight is 388 g/mol. The molecular weight excluding hydrogens is 367 g/mol. The molecule has 0 saturated heterocycles. The minimum atomic E-state index is -1.44. The van der Waals surface area contributed by atoms with Gasteiger partial charge in [0.25, 0.3) is 0 Å². The molecular formula is C26H21BN2O. The van der Waals surface area contributed by atoms with Crippen molar-refractivity contribution in [3.63, 3.8) is 0 Å². The van der Waals surface area contributed by atoms with Crippen LogP contribution in [-0.2, 0) is 0 Å². The maximum atomic E-state index is 5.50. The summed E-state index contributed by atoms with van der Waals surface area (Å²) < 4.78 is 10.5. The minimum Gasteiger partial charge on any atom is -0.497 e. The maximum Gasteiger partial charge on any atom is 0.435 e. The quantitative estimate of drug-likeness (QED) is 0.424. The Morgan fingerprint density at radius 1 is 0.733 bits per heavy atom. The molecule has 0 fully saturated rings. The van der Waals surface area contributed by atoms with Gasteiger partial charge in [-0.2, -0.15) is 0 Å². The number of pyridine rings is 1. The molecule has 0 saturated carbocycles. The summed E-state index contributed by atoms with van der Waals surface area (Å²) in [4.78, 5) is 0. The summed E-state index contributed by atoms with van der Waals surface area (Å²) in [6.07, 6.45) is 0.782. The Balaban J connectivity index is 1.82. The number of benzene rings is 3. The van der Waals surface area contributed by atoms with E-state index in [0.29, 0.717) is 0 Å². The van der Waals surface area contributed by atoms with Gasteiger partial charge in [-0.1, -0.05) is 66.7 Å². The van der Waals surface area contributed by atoms with Crippen LogP contribution < -0.4 is 20.1 Å². The van der Waals surface area contributed by atoms with Gasteiger partial charge in [-0.15, -0.1) is 10.9 Å². The third kappa shape index (κ3) is 2.13. The summed E-state index contributed by atoms with van der Waals surface area (Å²) in [5.41, 5.74) is 6.23. The molecule has 0 radical (unpaired) electrons. The predicted molar refractivity (Wildman–Crippen MR) is 123 cm³/mol. The second-order valence-corrected chi connectivity index (χ2v) is 7.92. The van der Waals surface area contributed by atoms with Crippen LogP contribution in [0.25, 0.3) is 22.3 Å². The molecule has 1 aliphatic rings. The maximum absolute atomic E-state index is 5.50. The highest BCUT2D eigenvalue weighted by atomic mass is 16.5. The zero-order chi connectivity index (χ0) is 20.1. The van der Waals surface area contributed by atoms with Gasteiger partial charge < -0.3 is 13.7 Å². The molecule has 2 aromatic heterocycles. The van der Waals surface area contributed by atoms with Gasteiger partial charge in [0, 0.05) is 17.0 Å². The molecule has 144 valence electrons. The van der Waals surface area contributed by atoms with Gasteiger partial charge in [-0.05, 0) is 30.3 Å². The third-order valence-corrected chi connectivity index (χ3v) is 6.50. The van der Waals surface area contributed by atoms with E-state index in [4.69, 9.17) is 4.74 Å². The monoisotopic (exact) mass is 388 g/mol. The van der Waals surface area contributed by atoms with Crippen molar-refractivity contribution in [2.45, 2.75) is 0 Å². The van der Waals surface area contributed by atoms with E-state index >= 15 is 0 Å². The zero-order valence-corrected chi connectivity index (χ0v) is 16.8. The minimum absolute atomic E-state index is 0.880. The molecule has 3 heterocycles. The summed E-state index contributed by atoms with van der Waals surface area (Å²) in [6.45, 7) is 0. The van der Waals surface area contributed by atoms with E-state index < -0.39 is 6.42 Å². The third-order valence-electron chi connectivity index (χ3n) is 6.50. The van der Waals surface area contributed by atoms with Gasteiger partial charge in [0.05, 0.1) is 12.8 Å². The summed E-state index contributed by atoms with van der Waals surface area (Å²) in [7, 11) is 1.72. The lowest BCUT2D eigenvalue weighted by molar-refractivity contribution is -0.527. The highest BCUT2D eigenvalue weighted by Gasteiger charge is 2.50. The van der Waals surface area contributed by atoms with Crippen molar-refractivity contribution in [3.8, 4) is 17.1 Å². The van der Waals surface area contributed by atoms with Crippen LogP contribution in [0.1, 0.15) is 0 Å². The molecule has 0 N–H and O–H groups in total. The second-order valence-electron chi connectivity index (χ2n) is 7.92.